The normalized spacial score (nSPS) is 10.2. The van der Waals surface area contributed by atoms with Gasteiger partial charge in [-0.15, -0.1) is 6.58 Å². The van der Waals surface area contributed by atoms with Gasteiger partial charge in [-0.05, 0) is 0 Å². The van der Waals surface area contributed by atoms with Crippen LogP contribution in [0.25, 0.3) is 11.2 Å². The topological polar surface area (TPSA) is 66.5 Å². The Morgan fingerprint density at radius 3 is 3.31 bits per heavy atom. The number of aromatic amines is 1. The van der Waals surface area contributed by atoms with Gasteiger partial charge in [-0.1, -0.05) is 6.08 Å². The molecule has 0 radical (unpaired) electrons. The van der Waals surface area contributed by atoms with Gasteiger partial charge in [0, 0.05) is 6.54 Å². The molecule has 13 heavy (non-hydrogen) atoms. The highest BCUT2D eigenvalue weighted by atomic mass is 15.1. The van der Waals surface area contributed by atoms with Crippen LogP contribution in [0.15, 0.2) is 25.2 Å². The molecular weight excluding hydrogens is 166 g/mol. The maximum absolute atomic E-state index is 4.18. The Hall–Kier alpha value is -1.91. The average Bonchev–Trinajstić information content (AvgIpc) is 2.57. The van der Waals surface area contributed by atoms with Gasteiger partial charge in [-0.3, -0.25) is 0 Å². The van der Waals surface area contributed by atoms with Gasteiger partial charge in [0.1, 0.15) is 11.8 Å². The third kappa shape index (κ3) is 1.48. The van der Waals surface area contributed by atoms with Gasteiger partial charge in [0.2, 0.25) is 5.95 Å². The van der Waals surface area contributed by atoms with E-state index >= 15 is 0 Å². The summed E-state index contributed by atoms with van der Waals surface area (Å²) < 4.78 is 0. The van der Waals surface area contributed by atoms with E-state index in [1.165, 1.54) is 6.33 Å². The minimum absolute atomic E-state index is 0.668. The van der Waals surface area contributed by atoms with E-state index in [-0.39, 0.29) is 0 Å². The van der Waals surface area contributed by atoms with Crippen LogP contribution < -0.4 is 5.32 Å². The van der Waals surface area contributed by atoms with E-state index in [1.807, 2.05) is 0 Å². The lowest BCUT2D eigenvalue weighted by Crippen LogP contribution is -1.98. The number of hydrogen-bond donors (Lipinski definition) is 2. The first-order valence-electron chi connectivity index (χ1n) is 3.90. The molecule has 2 N–H and O–H groups in total. The van der Waals surface area contributed by atoms with Crippen LogP contribution in [-0.2, 0) is 0 Å². The lowest BCUT2D eigenvalue weighted by Gasteiger charge is -1.94. The highest BCUT2D eigenvalue weighted by Gasteiger charge is 2.00. The summed E-state index contributed by atoms with van der Waals surface area (Å²) in [6.45, 7) is 4.27. The van der Waals surface area contributed by atoms with Crippen molar-refractivity contribution in [1.82, 2.24) is 19.9 Å². The number of nitrogens with one attached hydrogen (secondary N) is 2. The average molecular weight is 175 g/mol. The number of anilines is 1. The molecule has 0 saturated carbocycles. The number of hydrogen-bond acceptors (Lipinski definition) is 4. The monoisotopic (exact) mass is 175 g/mol. The summed E-state index contributed by atoms with van der Waals surface area (Å²) in [7, 11) is 0. The van der Waals surface area contributed by atoms with Crippen molar-refractivity contribution in [2.24, 2.45) is 0 Å². The van der Waals surface area contributed by atoms with Gasteiger partial charge in [0.05, 0.1) is 6.20 Å². The van der Waals surface area contributed by atoms with E-state index in [0.717, 1.165) is 5.52 Å². The molecule has 0 fully saturated rings. The number of nitrogens with zero attached hydrogens (tertiary/aromatic N) is 3. The summed E-state index contributed by atoms with van der Waals surface area (Å²) in [4.78, 5) is 15.1. The van der Waals surface area contributed by atoms with Crippen molar-refractivity contribution >= 4 is 17.1 Å². The summed E-state index contributed by atoms with van der Waals surface area (Å²) in [5, 5.41) is 3.03. The van der Waals surface area contributed by atoms with E-state index < -0.39 is 0 Å². The van der Waals surface area contributed by atoms with Crippen LogP contribution in [-0.4, -0.2) is 26.5 Å². The fourth-order valence-corrected chi connectivity index (χ4v) is 1.01. The van der Waals surface area contributed by atoms with Crippen LogP contribution in [0.2, 0.25) is 0 Å². The van der Waals surface area contributed by atoms with E-state index in [0.29, 0.717) is 18.1 Å². The molecule has 2 aromatic heterocycles. The van der Waals surface area contributed by atoms with Gasteiger partial charge >= 0.3 is 0 Å². The van der Waals surface area contributed by atoms with Crippen molar-refractivity contribution in [1.29, 1.82) is 0 Å². The predicted octanol–water partition coefficient (Wildman–Crippen LogP) is 0.951. The van der Waals surface area contributed by atoms with Crippen LogP contribution in [0.3, 0.4) is 0 Å². The van der Waals surface area contributed by atoms with Crippen molar-refractivity contribution < 1.29 is 0 Å². The lowest BCUT2D eigenvalue weighted by atomic mass is 10.6. The molecule has 0 aliphatic rings. The zero-order valence-electron chi connectivity index (χ0n) is 6.99. The maximum atomic E-state index is 4.18. The highest BCUT2D eigenvalue weighted by molar-refractivity contribution is 5.71. The number of fused-ring (bicyclic) bond motifs is 1. The van der Waals surface area contributed by atoms with Gasteiger partial charge in [0.15, 0.2) is 5.65 Å². The lowest BCUT2D eigenvalue weighted by molar-refractivity contribution is 1.19. The predicted molar refractivity (Wildman–Crippen MR) is 50.4 cm³/mol. The summed E-state index contributed by atoms with van der Waals surface area (Å²) >= 11 is 0. The number of H-pyrrole nitrogens is 1. The minimum atomic E-state index is 0.668. The van der Waals surface area contributed by atoms with E-state index in [1.54, 1.807) is 12.3 Å². The summed E-state index contributed by atoms with van der Waals surface area (Å²) in [6, 6.07) is 0. The van der Waals surface area contributed by atoms with E-state index in [2.05, 4.69) is 31.8 Å². The molecule has 2 heterocycles. The summed E-state index contributed by atoms with van der Waals surface area (Å²) in [5.74, 6) is 0.690. The summed E-state index contributed by atoms with van der Waals surface area (Å²) in [6.07, 6.45) is 4.92. The second kappa shape index (κ2) is 3.22. The summed E-state index contributed by atoms with van der Waals surface area (Å²) in [5.41, 5.74) is 1.50. The maximum Gasteiger partial charge on any atom is 0.203 e. The van der Waals surface area contributed by atoms with E-state index in [4.69, 9.17) is 0 Å². The minimum Gasteiger partial charge on any atom is -0.352 e. The van der Waals surface area contributed by atoms with Crippen molar-refractivity contribution in [3.63, 3.8) is 0 Å². The van der Waals surface area contributed by atoms with Crippen LogP contribution in [0, 0.1) is 0 Å². The Labute approximate surface area is 74.9 Å². The third-order valence-corrected chi connectivity index (χ3v) is 1.58. The van der Waals surface area contributed by atoms with Gasteiger partial charge in [-0.2, -0.15) is 4.98 Å². The standard InChI is InChI=1S/C8H9N5/c1-2-3-10-8-12-6-4-9-5-11-7(6)13-8/h2,4-5H,1,3H2,(H2,9,10,11,12,13). The Bertz CT molecular complexity index is 386. The Balaban J connectivity index is 2.32. The molecule has 0 aromatic carbocycles. The molecule has 0 atom stereocenters. The van der Waals surface area contributed by atoms with Crippen LogP contribution >= 0.6 is 0 Å². The van der Waals surface area contributed by atoms with Crippen LogP contribution in [0.4, 0.5) is 5.95 Å². The van der Waals surface area contributed by atoms with Gasteiger partial charge in [0.25, 0.3) is 0 Å². The molecule has 0 unspecified atom stereocenters. The van der Waals surface area contributed by atoms with Gasteiger partial charge < -0.3 is 10.3 Å². The number of imidazole rings is 1. The largest absolute Gasteiger partial charge is 0.352 e. The van der Waals surface area contributed by atoms with Crippen LogP contribution in [0.5, 0.6) is 0 Å². The number of rotatable bonds is 3. The second-order valence-corrected chi connectivity index (χ2v) is 2.52. The molecule has 5 nitrogen and oxygen atoms in total. The fourth-order valence-electron chi connectivity index (χ4n) is 1.01. The van der Waals surface area contributed by atoms with Crippen molar-refractivity contribution in [2.45, 2.75) is 0 Å². The third-order valence-electron chi connectivity index (χ3n) is 1.58. The Kier molecular flexibility index (Phi) is 1.91. The van der Waals surface area contributed by atoms with Gasteiger partial charge in [-0.25, -0.2) is 9.97 Å². The quantitative estimate of drug-likeness (QED) is 0.681. The molecule has 0 spiro atoms. The van der Waals surface area contributed by atoms with Crippen molar-refractivity contribution in [3.05, 3.63) is 25.2 Å². The first kappa shape index (κ1) is 7.72. The van der Waals surface area contributed by atoms with Crippen LogP contribution in [0.1, 0.15) is 0 Å². The highest BCUT2D eigenvalue weighted by Crippen LogP contribution is 2.08. The van der Waals surface area contributed by atoms with E-state index in [9.17, 15) is 0 Å². The molecule has 0 amide bonds. The smallest absolute Gasteiger partial charge is 0.203 e. The van der Waals surface area contributed by atoms with Crippen molar-refractivity contribution in [2.75, 3.05) is 11.9 Å². The first-order chi connectivity index (χ1) is 6.40. The molecular formula is C8H9N5. The second-order valence-electron chi connectivity index (χ2n) is 2.52. The molecule has 2 aromatic rings. The molecule has 0 bridgehead atoms. The molecule has 5 heteroatoms. The van der Waals surface area contributed by atoms with Crippen molar-refractivity contribution in [3.8, 4) is 0 Å². The first-order valence-corrected chi connectivity index (χ1v) is 3.90. The number of aromatic nitrogens is 4. The molecule has 66 valence electrons. The Morgan fingerprint density at radius 1 is 1.62 bits per heavy atom. The zero-order valence-corrected chi connectivity index (χ0v) is 6.99. The Morgan fingerprint density at radius 2 is 2.54 bits per heavy atom. The fraction of sp³-hybridized carbons (Fsp3) is 0.125. The molecule has 2 rings (SSSR count). The molecule has 0 aliphatic heterocycles. The SMILES string of the molecule is C=CCNc1nc2ncncc2[nH]1. The molecule has 0 saturated heterocycles. The zero-order chi connectivity index (χ0) is 9.10. The molecule has 0 aliphatic carbocycles.